The van der Waals surface area contributed by atoms with Gasteiger partial charge in [-0.3, -0.25) is 4.79 Å². The highest BCUT2D eigenvalue weighted by Gasteiger charge is 2.41. The van der Waals surface area contributed by atoms with Crippen molar-refractivity contribution in [1.82, 2.24) is 10.6 Å². The summed E-state index contributed by atoms with van der Waals surface area (Å²) in [7, 11) is 0. The Morgan fingerprint density at radius 3 is 2.40 bits per heavy atom. The van der Waals surface area contributed by atoms with Crippen LogP contribution < -0.4 is 10.6 Å². The number of hydrogen-bond donors (Lipinski definition) is 5. The van der Waals surface area contributed by atoms with Crippen LogP contribution in [0.15, 0.2) is 0 Å². The van der Waals surface area contributed by atoms with Crippen LogP contribution in [0.4, 0.5) is 0 Å². The van der Waals surface area contributed by atoms with E-state index in [-0.39, 0.29) is 18.9 Å². The van der Waals surface area contributed by atoms with Crippen LogP contribution in [-0.2, 0) is 4.79 Å². The monoisotopic (exact) mass is 218 g/mol. The van der Waals surface area contributed by atoms with E-state index < -0.39 is 24.3 Å². The molecule has 0 aromatic carbocycles. The molecule has 1 aliphatic rings. The fourth-order valence-corrected chi connectivity index (χ4v) is 1.76. The minimum Gasteiger partial charge on any atom is -0.395 e. The third-order valence-corrected chi connectivity index (χ3v) is 2.58. The van der Waals surface area contributed by atoms with Gasteiger partial charge in [0.2, 0.25) is 5.91 Å². The SMILES string of the molecule is CCNC(=O)C[C@H]1N[C@H](CO)[C@@H](O)[C@@H]1O. The van der Waals surface area contributed by atoms with Crippen LogP contribution in [0.3, 0.4) is 0 Å². The second-order valence-electron chi connectivity index (χ2n) is 3.70. The van der Waals surface area contributed by atoms with E-state index in [9.17, 15) is 15.0 Å². The maximum atomic E-state index is 11.2. The molecule has 88 valence electrons. The molecule has 0 aliphatic carbocycles. The number of rotatable bonds is 4. The van der Waals surface area contributed by atoms with Crippen molar-refractivity contribution in [2.45, 2.75) is 37.6 Å². The zero-order valence-electron chi connectivity index (χ0n) is 8.68. The standard InChI is InChI=1S/C9H18N2O4/c1-2-10-7(13)3-5-8(14)9(15)6(4-12)11-5/h5-6,8-9,11-12,14-15H,2-4H2,1H3,(H,10,13)/t5-,6-,8-,9-/m1/s1. The average Bonchev–Trinajstić information content (AvgIpc) is 2.46. The molecule has 0 radical (unpaired) electrons. The summed E-state index contributed by atoms with van der Waals surface area (Å²) in [5.74, 6) is -0.181. The summed E-state index contributed by atoms with van der Waals surface area (Å²) in [5, 5.41) is 33.3. The van der Waals surface area contributed by atoms with E-state index in [2.05, 4.69) is 10.6 Å². The van der Waals surface area contributed by atoms with Crippen LogP contribution in [0.5, 0.6) is 0 Å². The number of carbonyl (C=O) groups is 1. The van der Waals surface area contributed by atoms with E-state index in [1.54, 1.807) is 0 Å². The second-order valence-corrected chi connectivity index (χ2v) is 3.70. The zero-order chi connectivity index (χ0) is 11.4. The van der Waals surface area contributed by atoms with Gasteiger partial charge in [0.1, 0.15) is 0 Å². The summed E-state index contributed by atoms with van der Waals surface area (Å²) in [6, 6.07) is -1.05. The third kappa shape index (κ3) is 2.88. The summed E-state index contributed by atoms with van der Waals surface area (Å²) in [6.07, 6.45) is -1.93. The minimum absolute atomic E-state index is 0.0998. The zero-order valence-corrected chi connectivity index (χ0v) is 8.68. The first-order chi connectivity index (χ1) is 7.10. The van der Waals surface area contributed by atoms with E-state index in [4.69, 9.17) is 5.11 Å². The first-order valence-electron chi connectivity index (χ1n) is 5.09. The van der Waals surface area contributed by atoms with Crippen LogP contribution in [0, 0.1) is 0 Å². The lowest BCUT2D eigenvalue weighted by atomic mass is 10.1. The molecule has 0 bridgehead atoms. The highest BCUT2D eigenvalue weighted by molar-refractivity contribution is 5.76. The van der Waals surface area contributed by atoms with Gasteiger partial charge in [0, 0.05) is 19.0 Å². The molecule has 4 atom stereocenters. The number of amides is 1. The topological polar surface area (TPSA) is 102 Å². The molecule has 0 saturated carbocycles. The molecule has 1 heterocycles. The molecule has 0 unspecified atom stereocenters. The van der Waals surface area contributed by atoms with Crippen molar-refractivity contribution in [2.24, 2.45) is 0 Å². The molecular weight excluding hydrogens is 200 g/mol. The molecular formula is C9H18N2O4. The first-order valence-corrected chi connectivity index (χ1v) is 5.09. The Bertz CT molecular complexity index is 224. The number of aliphatic hydroxyl groups excluding tert-OH is 3. The molecule has 0 aromatic heterocycles. The summed E-state index contributed by atoms with van der Waals surface area (Å²) < 4.78 is 0. The van der Waals surface area contributed by atoms with Gasteiger partial charge >= 0.3 is 0 Å². The Labute approximate surface area is 88.3 Å². The van der Waals surface area contributed by atoms with Gasteiger partial charge in [-0.25, -0.2) is 0 Å². The Balaban J connectivity index is 2.47. The van der Waals surface area contributed by atoms with Gasteiger partial charge < -0.3 is 26.0 Å². The number of hydrogen-bond acceptors (Lipinski definition) is 5. The fraction of sp³-hybridized carbons (Fsp3) is 0.889. The lowest BCUT2D eigenvalue weighted by molar-refractivity contribution is -0.122. The lowest BCUT2D eigenvalue weighted by Crippen LogP contribution is -2.39. The molecule has 1 amide bonds. The fourth-order valence-electron chi connectivity index (χ4n) is 1.76. The van der Waals surface area contributed by atoms with Crippen molar-refractivity contribution in [3.05, 3.63) is 0 Å². The van der Waals surface area contributed by atoms with Crippen molar-refractivity contribution < 1.29 is 20.1 Å². The third-order valence-electron chi connectivity index (χ3n) is 2.58. The van der Waals surface area contributed by atoms with Crippen molar-refractivity contribution in [2.75, 3.05) is 13.2 Å². The molecule has 1 fully saturated rings. The van der Waals surface area contributed by atoms with Gasteiger partial charge in [-0.1, -0.05) is 0 Å². The maximum absolute atomic E-state index is 11.2. The Hall–Kier alpha value is -0.690. The predicted octanol–water partition coefficient (Wildman–Crippen LogP) is -2.43. The van der Waals surface area contributed by atoms with Gasteiger partial charge in [0.15, 0.2) is 0 Å². The predicted molar refractivity (Wildman–Crippen MR) is 53.1 cm³/mol. The number of aliphatic hydroxyl groups is 3. The molecule has 15 heavy (non-hydrogen) atoms. The quantitative estimate of drug-likeness (QED) is 0.361. The summed E-state index contributed by atoms with van der Waals surface area (Å²) >= 11 is 0. The Morgan fingerprint density at radius 2 is 1.93 bits per heavy atom. The molecule has 6 heteroatoms. The minimum atomic E-state index is -1.02. The maximum Gasteiger partial charge on any atom is 0.221 e. The van der Waals surface area contributed by atoms with Crippen LogP contribution in [0.2, 0.25) is 0 Å². The van der Waals surface area contributed by atoms with E-state index in [1.807, 2.05) is 6.92 Å². The van der Waals surface area contributed by atoms with Crippen molar-refractivity contribution >= 4 is 5.91 Å². The van der Waals surface area contributed by atoms with Gasteiger partial charge in [-0.2, -0.15) is 0 Å². The Morgan fingerprint density at radius 1 is 1.33 bits per heavy atom. The molecule has 1 aliphatic heterocycles. The molecule has 1 rings (SSSR count). The van der Waals surface area contributed by atoms with Gasteiger partial charge in [0.25, 0.3) is 0 Å². The van der Waals surface area contributed by atoms with Crippen molar-refractivity contribution in [1.29, 1.82) is 0 Å². The van der Waals surface area contributed by atoms with Crippen molar-refractivity contribution in [3.8, 4) is 0 Å². The molecule has 0 spiro atoms. The molecule has 1 saturated heterocycles. The van der Waals surface area contributed by atoms with Crippen LogP contribution in [0.25, 0.3) is 0 Å². The Kier molecular flexibility index (Phi) is 4.46. The van der Waals surface area contributed by atoms with E-state index in [1.165, 1.54) is 0 Å². The number of carbonyl (C=O) groups excluding carboxylic acids is 1. The number of nitrogens with one attached hydrogen (secondary N) is 2. The first kappa shape index (κ1) is 12.4. The molecule has 5 N–H and O–H groups in total. The summed E-state index contributed by atoms with van der Waals surface area (Å²) in [6.45, 7) is 2.08. The summed E-state index contributed by atoms with van der Waals surface area (Å²) in [4.78, 5) is 11.2. The van der Waals surface area contributed by atoms with Crippen LogP contribution >= 0.6 is 0 Å². The molecule has 0 aromatic rings. The van der Waals surface area contributed by atoms with E-state index >= 15 is 0 Å². The molecule has 6 nitrogen and oxygen atoms in total. The average molecular weight is 218 g/mol. The van der Waals surface area contributed by atoms with E-state index in [0.29, 0.717) is 6.54 Å². The smallest absolute Gasteiger partial charge is 0.221 e. The van der Waals surface area contributed by atoms with Crippen LogP contribution in [0.1, 0.15) is 13.3 Å². The van der Waals surface area contributed by atoms with Gasteiger partial charge in [0.05, 0.1) is 24.9 Å². The van der Waals surface area contributed by atoms with Gasteiger partial charge in [-0.15, -0.1) is 0 Å². The second kappa shape index (κ2) is 5.41. The lowest BCUT2D eigenvalue weighted by Gasteiger charge is -2.14. The largest absolute Gasteiger partial charge is 0.395 e. The highest BCUT2D eigenvalue weighted by Crippen LogP contribution is 2.16. The summed E-state index contributed by atoms with van der Waals surface area (Å²) in [5.41, 5.74) is 0. The van der Waals surface area contributed by atoms with E-state index in [0.717, 1.165) is 0 Å². The normalized spacial score (nSPS) is 35.5. The van der Waals surface area contributed by atoms with Crippen molar-refractivity contribution in [3.63, 3.8) is 0 Å². The van der Waals surface area contributed by atoms with Crippen LogP contribution in [-0.4, -0.2) is 58.7 Å². The van der Waals surface area contributed by atoms with Gasteiger partial charge in [-0.05, 0) is 6.92 Å². The highest BCUT2D eigenvalue weighted by atomic mass is 16.3.